The molecule has 0 spiro atoms. The molecule has 3 rings (SSSR count). The van der Waals surface area contributed by atoms with Gasteiger partial charge < -0.3 is 20.1 Å². The van der Waals surface area contributed by atoms with Gasteiger partial charge in [0.15, 0.2) is 0 Å². The van der Waals surface area contributed by atoms with Crippen molar-refractivity contribution in [2.45, 2.75) is 92.1 Å². The first-order valence-corrected chi connectivity index (χ1v) is 13.7. The van der Waals surface area contributed by atoms with E-state index in [4.69, 9.17) is 4.74 Å². The highest BCUT2D eigenvalue weighted by Crippen LogP contribution is 2.50. The molecule has 1 saturated carbocycles. The second-order valence-corrected chi connectivity index (χ2v) is 12.2. The minimum Gasteiger partial charge on any atom is -0.457 e. The van der Waals surface area contributed by atoms with E-state index in [1.54, 1.807) is 20.8 Å². The van der Waals surface area contributed by atoms with Crippen LogP contribution < -0.4 is 0 Å². The van der Waals surface area contributed by atoms with Crippen molar-refractivity contribution < 1.29 is 29.6 Å². The van der Waals surface area contributed by atoms with Crippen LogP contribution in [0, 0.1) is 29.1 Å². The molecular weight excluding hydrogens is 478 g/mol. The zero-order valence-electron chi connectivity index (χ0n) is 22.2. The normalized spacial score (nSPS) is 36.0. The van der Waals surface area contributed by atoms with Crippen LogP contribution in [0.15, 0.2) is 22.6 Å². The number of fused-ring (bicyclic) bond motifs is 1. The fourth-order valence-electron chi connectivity index (χ4n) is 5.31. The first kappa shape index (κ1) is 28.7. The molecule has 7 nitrogen and oxygen atoms in total. The largest absolute Gasteiger partial charge is 0.457 e. The molecule has 1 fully saturated rings. The summed E-state index contributed by atoms with van der Waals surface area (Å²) in [7, 11) is 0. The van der Waals surface area contributed by atoms with E-state index in [1.807, 2.05) is 25.3 Å². The Balaban J connectivity index is 1.88. The highest BCUT2D eigenvalue weighted by Gasteiger charge is 2.47. The fraction of sp³-hybridized carbons (Fsp3) is 0.679. The SMILES string of the molecule is C/C1=C/C[C@@H](/C(C)=C/c2csc(CO)n2)OC(=O)C[C@H](O)C(C)(C)C(=O)[C@H](C)[C@@H](O)[C@@H](C)C2CC2C1. The highest BCUT2D eigenvalue weighted by molar-refractivity contribution is 7.09. The molecule has 0 amide bonds. The van der Waals surface area contributed by atoms with Gasteiger partial charge in [0.25, 0.3) is 0 Å². The van der Waals surface area contributed by atoms with Crippen LogP contribution in [0.5, 0.6) is 0 Å². The zero-order valence-corrected chi connectivity index (χ0v) is 23.0. The Morgan fingerprint density at radius 2 is 1.94 bits per heavy atom. The Morgan fingerprint density at radius 1 is 1.25 bits per heavy atom. The van der Waals surface area contributed by atoms with E-state index in [-0.39, 0.29) is 24.7 Å². The van der Waals surface area contributed by atoms with Gasteiger partial charge in [0, 0.05) is 17.7 Å². The lowest BCUT2D eigenvalue weighted by Gasteiger charge is -2.34. The van der Waals surface area contributed by atoms with Gasteiger partial charge >= 0.3 is 5.97 Å². The molecule has 8 heteroatoms. The minimum atomic E-state index is -1.24. The topological polar surface area (TPSA) is 117 Å². The molecule has 0 aromatic carbocycles. The Kier molecular flexibility index (Phi) is 9.30. The highest BCUT2D eigenvalue weighted by atomic mass is 32.1. The van der Waals surface area contributed by atoms with E-state index >= 15 is 0 Å². The Bertz CT molecular complexity index is 1010. The third-order valence-corrected chi connectivity index (χ3v) is 8.92. The summed E-state index contributed by atoms with van der Waals surface area (Å²) in [6.45, 7) is 10.8. The third-order valence-electron chi connectivity index (χ3n) is 8.07. The zero-order chi connectivity index (χ0) is 26.8. The molecule has 1 aliphatic heterocycles. The average molecular weight is 520 g/mol. The number of aliphatic hydroxyl groups is 3. The van der Waals surface area contributed by atoms with Gasteiger partial charge in [0.2, 0.25) is 0 Å². The number of carbonyl (C=O) groups is 2. The molecule has 1 aromatic heterocycles. The van der Waals surface area contributed by atoms with Crippen LogP contribution >= 0.6 is 11.3 Å². The molecule has 2 unspecified atom stereocenters. The number of rotatable bonds is 3. The van der Waals surface area contributed by atoms with Gasteiger partial charge in [-0.3, -0.25) is 9.59 Å². The molecule has 1 aromatic rings. The van der Waals surface area contributed by atoms with Crippen molar-refractivity contribution in [1.29, 1.82) is 0 Å². The second kappa shape index (κ2) is 11.7. The number of nitrogens with zero attached hydrogens (tertiary/aromatic N) is 1. The maximum Gasteiger partial charge on any atom is 0.309 e. The molecule has 1 aliphatic carbocycles. The molecule has 200 valence electrons. The lowest BCUT2D eigenvalue weighted by Crippen LogP contribution is -2.46. The van der Waals surface area contributed by atoms with Gasteiger partial charge in [-0.1, -0.05) is 39.3 Å². The maximum atomic E-state index is 13.3. The first-order valence-electron chi connectivity index (χ1n) is 12.8. The number of hydrogen-bond donors (Lipinski definition) is 3. The number of ether oxygens (including phenoxy) is 1. The van der Waals surface area contributed by atoms with Crippen LogP contribution in [0.3, 0.4) is 0 Å². The average Bonchev–Trinajstić information content (AvgIpc) is 3.44. The molecule has 0 radical (unpaired) electrons. The fourth-order valence-corrected chi connectivity index (χ4v) is 5.92. The summed E-state index contributed by atoms with van der Waals surface area (Å²) in [6.07, 6.45) is 3.47. The van der Waals surface area contributed by atoms with Gasteiger partial charge in [0.1, 0.15) is 16.9 Å². The Morgan fingerprint density at radius 3 is 2.58 bits per heavy atom. The van der Waals surface area contributed by atoms with Crippen LogP contribution in [0.2, 0.25) is 0 Å². The summed E-state index contributed by atoms with van der Waals surface area (Å²) in [6, 6.07) is 0. The van der Waals surface area contributed by atoms with Crippen LogP contribution in [0.25, 0.3) is 6.08 Å². The number of allylic oxidation sites excluding steroid dienone is 1. The van der Waals surface area contributed by atoms with Gasteiger partial charge in [-0.05, 0) is 56.1 Å². The minimum absolute atomic E-state index is 0.0209. The predicted molar refractivity (Wildman–Crippen MR) is 140 cm³/mol. The molecule has 36 heavy (non-hydrogen) atoms. The van der Waals surface area contributed by atoms with Crippen molar-refractivity contribution in [1.82, 2.24) is 4.98 Å². The summed E-state index contributed by atoms with van der Waals surface area (Å²) in [4.78, 5) is 30.5. The quantitative estimate of drug-likeness (QED) is 0.402. The van der Waals surface area contributed by atoms with E-state index in [1.165, 1.54) is 16.9 Å². The number of esters is 1. The number of carbonyl (C=O) groups excluding carboxylic acids is 2. The van der Waals surface area contributed by atoms with Crippen LogP contribution in [0.4, 0.5) is 0 Å². The first-order chi connectivity index (χ1) is 16.8. The van der Waals surface area contributed by atoms with Crippen molar-refractivity contribution >= 4 is 29.2 Å². The van der Waals surface area contributed by atoms with Crippen molar-refractivity contribution in [3.8, 4) is 0 Å². The van der Waals surface area contributed by atoms with Gasteiger partial charge in [-0.15, -0.1) is 11.3 Å². The molecular formula is C28H41NO6S. The number of Topliss-reactive ketones (excluding diaryl/α,β-unsaturated/α-hetero) is 1. The number of hydrogen-bond acceptors (Lipinski definition) is 8. The molecule has 7 atom stereocenters. The molecule has 0 saturated heterocycles. The smallest absolute Gasteiger partial charge is 0.309 e. The summed E-state index contributed by atoms with van der Waals surface area (Å²) in [5, 5.41) is 33.6. The summed E-state index contributed by atoms with van der Waals surface area (Å²) >= 11 is 1.36. The molecule has 3 N–H and O–H groups in total. The number of aromatic nitrogens is 1. The van der Waals surface area contributed by atoms with Gasteiger partial charge in [-0.2, -0.15) is 0 Å². The summed E-state index contributed by atoms with van der Waals surface area (Å²) in [5.41, 5.74) is 1.49. The standard InChI is InChI=1S/C28H41NO6S/c1-15-7-8-22(16(2)10-20-14-36-24(13-30)29-20)35-25(32)12-23(31)28(5,6)27(34)18(4)26(33)17(3)21-11-19(21)9-15/h7,10,14,17-19,21-23,26,30-31,33H,8-9,11-13H2,1-6H3/b15-7-,16-10+/t17-,18+,19?,21?,22-,23-,26-/m0/s1. The van der Waals surface area contributed by atoms with Crippen molar-refractivity contribution in [3.63, 3.8) is 0 Å². The number of ketones is 1. The van der Waals surface area contributed by atoms with E-state index < -0.39 is 35.6 Å². The maximum absolute atomic E-state index is 13.3. The van der Waals surface area contributed by atoms with Crippen LogP contribution in [0.1, 0.15) is 77.9 Å². The second-order valence-electron chi connectivity index (χ2n) is 11.3. The third kappa shape index (κ3) is 6.71. The van der Waals surface area contributed by atoms with Crippen molar-refractivity contribution in [2.75, 3.05) is 0 Å². The van der Waals surface area contributed by atoms with Gasteiger partial charge in [0.05, 0.1) is 36.3 Å². The lowest BCUT2D eigenvalue weighted by atomic mass is 9.72. The Hall–Kier alpha value is -1.87. The van der Waals surface area contributed by atoms with Crippen LogP contribution in [-0.4, -0.2) is 50.4 Å². The molecule has 2 heterocycles. The van der Waals surface area contributed by atoms with Gasteiger partial charge in [-0.25, -0.2) is 4.98 Å². The number of aliphatic hydroxyl groups excluding tert-OH is 3. The summed E-state index contributed by atoms with van der Waals surface area (Å²) in [5.74, 6) is -0.682. The van der Waals surface area contributed by atoms with E-state index in [9.17, 15) is 24.9 Å². The lowest BCUT2D eigenvalue weighted by molar-refractivity contribution is -0.154. The summed E-state index contributed by atoms with van der Waals surface area (Å²) < 4.78 is 5.82. The monoisotopic (exact) mass is 519 g/mol. The number of thiazole rings is 1. The van der Waals surface area contributed by atoms with Crippen LogP contribution in [-0.2, 0) is 20.9 Å². The Labute approximate surface area is 218 Å². The van der Waals surface area contributed by atoms with E-state index in [0.717, 1.165) is 18.4 Å². The molecule has 0 bridgehead atoms. The number of cyclic esters (lactones) is 1. The van der Waals surface area contributed by atoms with E-state index in [0.29, 0.717) is 29.0 Å². The van der Waals surface area contributed by atoms with E-state index in [2.05, 4.69) is 18.0 Å². The molecule has 2 aliphatic rings. The van der Waals surface area contributed by atoms with Crippen molar-refractivity contribution in [2.24, 2.45) is 29.1 Å². The van der Waals surface area contributed by atoms with Crippen molar-refractivity contribution in [3.05, 3.63) is 33.3 Å². The predicted octanol–water partition coefficient (Wildman–Crippen LogP) is 4.31.